The molecule has 2 aliphatic heterocycles. The molecule has 0 aromatic heterocycles. The molecule has 1 amide bonds. The van der Waals surface area contributed by atoms with Gasteiger partial charge in [-0.25, -0.2) is 0 Å². The number of halogens is 1. The molecule has 1 N–H and O–H groups in total. The Bertz CT molecular complexity index is 579. The Hall–Kier alpha value is -1.10. The third-order valence-electron chi connectivity index (χ3n) is 5.02. The number of amides is 1. The van der Waals surface area contributed by atoms with Crippen molar-refractivity contribution in [2.24, 2.45) is 0 Å². The number of benzene rings is 1. The van der Waals surface area contributed by atoms with E-state index in [0.29, 0.717) is 44.0 Å². The number of hydrogen-bond acceptors (Lipinski definition) is 3. The minimum atomic E-state index is -0.648. The van der Waals surface area contributed by atoms with E-state index < -0.39 is 5.60 Å². The number of carbonyl (C=O) groups is 1. The van der Waals surface area contributed by atoms with Crippen LogP contribution in [-0.2, 0) is 16.0 Å². The van der Waals surface area contributed by atoms with Crippen LogP contribution in [-0.4, -0.2) is 46.8 Å². The molecule has 3 rings (SSSR count). The van der Waals surface area contributed by atoms with E-state index in [1.165, 1.54) is 0 Å². The molecule has 0 saturated carbocycles. The molecule has 5 heteroatoms. The quantitative estimate of drug-likeness (QED) is 0.902. The number of nitrogens with zero attached hydrogens (tertiary/aromatic N) is 1. The van der Waals surface area contributed by atoms with Gasteiger partial charge in [0.15, 0.2) is 0 Å². The molecule has 0 bridgehead atoms. The van der Waals surface area contributed by atoms with E-state index in [9.17, 15) is 9.90 Å². The molecule has 1 aromatic rings. The normalized spacial score (nSPS) is 27.2. The fourth-order valence-electron chi connectivity index (χ4n) is 3.74. The number of rotatable bonds is 2. The van der Waals surface area contributed by atoms with E-state index in [4.69, 9.17) is 16.3 Å². The van der Waals surface area contributed by atoms with Crippen molar-refractivity contribution in [1.82, 2.24) is 4.90 Å². The van der Waals surface area contributed by atoms with E-state index in [2.05, 4.69) is 0 Å². The average molecular weight is 338 g/mol. The molecule has 1 spiro atoms. The molecule has 1 atom stereocenters. The van der Waals surface area contributed by atoms with Gasteiger partial charge in [0.1, 0.15) is 0 Å². The van der Waals surface area contributed by atoms with E-state index in [1.807, 2.05) is 36.1 Å². The summed E-state index contributed by atoms with van der Waals surface area (Å²) in [7, 11) is 0. The second-order valence-electron chi connectivity index (χ2n) is 7.14. The standard InChI is InChI=1S/C18H24ClNO3/c1-17(22)7-10-23-18(13-17)5-8-20(9-6-18)16(21)12-14-3-2-4-15(19)11-14/h2-4,11,22H,5-10,12-13H2,1H3. The summed E-state index contributed by atoms with van der Waals surface area (Å²) in [6.45, 7) is 3.86. The minimum absolute atomic E-state index is 0.129. The van der Waals surface area contributed by atoms with Crippen LogP contribution in [0.4, 0.5) is 0 Å². The Balaban J connectivity index is 1.57. The Labute approximate surface area is 142 Å². The maximum atomic E-state index is 12.5. The van der Waals surface area contributed by atoms with Crippen LogP contribution in [0.3, 0.4) is 0 Å². The Morgan fingerprint density at radius 3 is 2.74 bits per heavy atom. The predicted octanol–water partition coefficient (Wildman–Crippen LogP) is 2.81. The third-order valence-corrected chi connectivity index (χ3v) is 5.26. The van der Waals surface area contributed by atoms with Gasteiger partial charge in [-0.1, -0.05) is 23.7 Å². The summed E-state index contributed by atoms with van der Waals surface area (Å²) < 4.78 is 5.99. The summed E-state index contributed by atoms with van der Waals surface area (Å²) in [5, 5.41) is 11.0. The second kappa shape index (κ2) is 6.42. The number of likely N-dealkylation sites (tertiary alicyclic amines) is 1. The van der Waals surface area contributed by atoms with E-state index in [1.54, 1.807) is 0 Å². The zero-order chi connectivity index (χ0) is 16.5. The maximum Gasteiger partial charge on any atom is 0.226 e. The largest absolute Gasteiger partial charge is 0.390 e. The summed E-state index contributed by atoms with van der Waals surface area (Å²) in [5.41, 5.74) is 0.0411. The second-order valence-corrected chi connectivity index (χ2v) is 7.58. The molecule has 2 saturated heterocycles. The zero-order valence-corrected chi connectivity index (χ0v) is 14.3. The van der Waals surface area contributed by atoms with Crippen LogP contribution in [0, 0.1) is 0 Å². The summed E-state index contributed by atoms with van der Waals surface area (Å²) in [4.78, 5) is 14.4. The molecule has 2 heterocycles. The highest BCUT2D eigenvalue weighted by atomic mass is 35.5. The molecule has 2 fully saturated rings. The van der Waals surface area contributed by atoms with Gasteiger partial charge < -0.3 is 14.7 Å². The highest BCUT2D eigenvalue weighted by molar-refractivity contribution is 6.30. The number of aliphatic hydroxyl groups is 1. The SMILES string of the molecule is CC1(O)CCOC2(CCN(C(=O)Cc3cccc(Cl)c3)CC2)C1. The van der Waals surface area contributed by atoms with Crippen molar-refractivity contribution < 1.29 is 14.6 Å². The molecule has 1 unspecified atom stereocenters. The van der Waals surface area contributed by atoms with Crippen LogP contribution < -0.4 is 0 Å². The van der Waals surface area contributed by atoms with Crippen molar-refractivity contribution in [3.63, 3.8) is 0 Å². The first-order valence-electron chi connectivity index (χ1n) is 8.26. The van der Waals surface area contributed by atoms with Crippen LogP contribution in [0.2, 0.25) is 5.02 Å². The predicted molar refractivity (Wildman–Crippen MR) is 89.5 cm³/mol. The molecule has 0 radical (unpaired) electrons. The molecular formula is C18H24ClNO3. The van der Waals surface area contributed by atoms with Crippen molar-refractivity contribution >= 4 is 17.5 Å². The molecule has 4 nitrogen and oxygen atoms in total. The van der Waals surface area contributed by atoms with Gasteiger partial charge in [0.25, 0.3) is 0 Å². The Morgan fingerprint density at radius 2 is 2.09 bits per heavy atom. The van der Waals surface area contributed by atoms with Crippen molar-refractivity contribution in [3.05, 3.63) is 34.9 Å². The molecule has 126 valence electrons. The van der Waals surface area contributed by atoms with E-state index in [-0.39, 0.29) is 11.5 Å². The van der Waals surface area contributed by atoms with Crippen LogP contribution in [0.1, 0.15) is 38.2 Å². The molecule has 2 aliphatic rings. The average Bonchev–Trinajstić information content (AvgIpc) is 2.46. The first kappa shape index (κ1) is 16.7. The van der Waals surface area contributed by atoms with Crippen molar-refractivity contribution in [3.8, 4) is 0 Å². The lowest BCUT2D eigenvalue weighted by Gasteiger charge is -2.48. The van der Waals surface area contributed by atoms with Crippen LogP contribution >= 0.6 is 11.6 Å². The first-order chi connectivity index (χ1) is 10.9. The zero-order valence-electron chi connectivity index (χ0n) is 13.6. The molecule has 23 heavy (non-hydrogen) atoms. The number of hydrogen-bond donors (Lipinski definition) is 1. The summed E-state index contributed by atoms with van der Waals surface area (Å²) in [6.07, 6.45) is 3.32. The fourth-order valence-corrected chi connectivity index (χ4v) is 3.95. The lowest BCUT2D eigenvalue weighted by molar-refractivity contribution is -0.175. The molecule has 1 aromatic carbocycles. The van der Waals surface area contributed by atoms with E-state index in [0.717, 1.165) is 18.4 Å². The van der Waals surface area contributed by atoms with Crippen molar-refractivity contribution in [2.45, 2.75) is 50.2 Å². The van der Waals surface area contributed by atoms with Crippen molar-refractivity contribution in [2.75, 3.05) is 19.7 Å². The Morgan fingerprint density at radius 1 is 1.35 bits per heavy atom. The van der Waals surface area contributed by atoms with Crippen LogP contribution in [0.25, 0.3) is 0 Å². The maximum absolute atomic E-state index is 12.5. The number of carbonyl (C=O) groups excluding carboxylic acids is 1. The van der Waals surface area contributed by atoms with Crippen LogP contribution in [0.15, 0.2) is 24.3 Å². The van der Waals surface area contributed by atoms with E-state index >= 15 is 0 Å². The third kappa shape index (κ3) is 4.06. The van der Waals surface area contributed by atoms with Gasteiger partial charge in [-0.15, -0.1) is 0 Å². The smallest absolute Gasteiger partial charge is 0.226 e. The van der Waals surface area contributed by atoms with Gasteiger partial charge in [0.05, 0.1) is 24.2 Å². The van der Waals surface area contributed by atoms with Gasteiger partial charge in [-0.3, -0.25) is 4.79 Å². The van der Waals surface area contributed by atoms with Gasteiger partial charge >= 0.3 is 0 Å². The first-order valence-corrected chi connectivity index (χ1v) is 8.64. The Kier molecular flexibility index (Phi) is 4.68. The number of ether oxygens (including phenoxy) is 1. The summed E-state index contributed by atoms with van der Waals surface area (Å²) >= 11 is 5.97. The lowest BCUT2D eigenvalue weighted by Crippen LogP contribution is -2.54. The monoisotopic (exact) mass is 337 g/mol. The van der Waals surface area contributed by atoms with Crippen molar-refractivity contribution in [1.29, 1.82) is 0 Å². The topological polar surface area (TPSA) is 49.8 Å². The number of piperidine rings is 1. The summed E-state index contributed by atoms with van der Waals surface area (Å²) in [5.74, 6) is 0.129. The van der Waals surface area contributed by atoms with Gasteiger partial charge in [-0.2, -0.15) is 0 Å². The lowest BCUT2D eigenvalue weighted by atomic mass is 9.78. The fraction of sp³-hybridized carbons (Fsp3) is 0.611. The molecular weight excluding hydrogens is 314 g/mol. The van der Waals surface area contributed by atoms with Gasteiger partial charge in [0, 0.05) is 24.5 Å². The van der Waals surface area contributed by atoms with Gasteiger partial charge in [-0.05, 0) is 43.9 Å². The minimum Gasteiger partial charge on any atom is -0.390 e. The molecule has 0 aliphatic carbocycles. The van der Waals surface area contributed by atoms with Gasteiger partial charge in [0.2, 0.25) is 5.91 Å². The highest BCUT2D eigenvalue weighted by Crippen LogP contribution is 2.39. The summed E-state index contributed by atoms with van der Waals surface area (Å²) in [6, 6.07) is 7.45. The highest BCUT2D eigenvalue weighted by Gasteiger charge is 2.44. The van der Waals surface area contributed by atoms with Crippen LogP contribution in [0.5, 0.6) is 0 Å².